The SMILES string of the molecule is CN=C(NCCc1ccc(C(F)(F)F)cc1)NCC(=O)N1CCc2ccccc2C1.I. The zero-order chi connectivity index (χ0) is 21.6. The van der Waals surface area contributed by atoms with Gasteiger partial charge in [0.25, 0.3) is 0 Å². The molecule has 31 heavy (non-hydrogen) atoms. The van der Waals surface area contributed by atoms with Crippen LogP contribution < -0.4 is 10.6 Å². The van der Waals surface area contributed by atoms with Crippen molar-refractivity contribution in [1.29, 1.82) is 0 Å². The van der Waals surface area contributed by atoms with Crippen molar-refractivity contribution in [2.24, 2.45) is 4.99 Å². The standard InChI is InChI=1S/C22H25F3N4O.HI/c1-26-21(27-12-10-16-6-8-19(9-7-16)22(23,24)25)28-14-20(30)29-13-11-17-4-2-3-5-18(17)15-29;/h2-9H,10-15H2,1H3,(H2,26,27,28);1H. The monoisotopic (exact) mass is 546 g/mol. The Hall–Kier alpha value is -2.30. The maximum Gasteiger partial charge on any atom is 0.416 e. The minimum atomic E-state index is -4.33. The van der Waals surface area contributed by atoms with Gasteiger partial charge in [-0.2, -0.15) is 13.2 Å². The Bertz CT molecular complexity index is 900. The summed E-state index contributed by atoms with van der Waals surface area (Å²) < 4.78 is 37.8. The van der Waals surface area contributed by atoms with E-state index in [0.29, 0.717) is 32.0 Å². The largest absolute Gasteiger partial charge is 0.416 e. The topological polar surface area (TPSA) is 56.7 Å². The average molecular weight is 546 g/mol. The smallest absolute Gasteiger partial charge is 0.356 e. The highest BCUT2D eigenvalue weighted by Crippen LogP contribution is 2.29. The summed E-state index contributed by atoms with van der Waals surface area (Å²) in [5, 5.41) is 6.09. The molecule has 1 aliphatic rings. The number of alkyl halides is 3. The lowest BCUT2D eigenvalue weighted by atomic mass is 10.00. The Morgan fingerprint density at radius 1 is 1.06 bits per heavy atom. The fourth-order valence-electron chi connectivity index (χ4n) is 3.39. The molecule has 0 aliphatic carbocycles. The first-order chi connectivity index (χ1) is 14.4. The normalized spacial score (nSPS) is 13.8. The third-order valence-corrected chi connectivity index (χ3v) is 5.10. The lowest BCUT2D eigenvalue weighted by Gasteiger charge is -2.29. The molecule has 2 aromatic carbocycles. The van der Waals surface area contributed by atoms with Gasteiger partial charge in [-0.3, -0.25) is 9.79 Å². The number of hydrogen-bond acceptors (Lipinski definition) is 2. The fraction of sp³-hybridized carbons (Fsp3) is 0.364. The van der Waals surface area contributed by atoms with Gasteiger partial charge in [-0.15, -0.1) is 24.0 Å². The highest BCUT2D eigenvalue weighted by Gasteiger charge is 2.29. The van der Waals surface area contributed by atoms with Crippen LogP contribution in [0.4, 0.5) is 13.2 Å². The second-order valence-corrected chi connectivity index (χ2v) is 7.13. The molecule has 9 heteroatoms. The number of nitrogens with one attached hydrogen (secondary N) is 2. The molecule has 3 rings (SSSR count). The highest BCUT2D eigenvalue weighted by atomic mass is 127. The first-order valence-electron chi connectivity index (χ1n) is 9.82. The molecule has 0 unspecified atom stereocenters. The second kappa shape index (κ2) is 11.4. The molecule has 1 amide bonds. The summed E-state index contributed by atoms with van der Waals surface area (Å²) in [7, 11) is 1.61. The van der Waals surface area contributed by atoms with Crippen molar-refractivity contribution in [3.63, 3.8) is 0 Å². The van der Waals surface area contributed by atoms with Crippen molar-refractivity contribution < 1.29 is 18.0 Å². The molecular formula is C22H26F3IN4O. The molecule has 5 nitrogen and oxygen atoms in total. The van der Waals surface area contributed by atoms with E-state index in [-0.39, 0.29) is 36.4 Å². The van der Waals surface area contributed by atoms with Gasteiger partial charge in [-0.25, -0.2) is 0 Å². The number of halogens is 4. The number of benzene rings is 2. The maximum absolute atomic E-state index is 12.6. The van der Waals surface area contributed by atoms with Gasteiger partial charge in [-0.05, 0) is 41.7 Å². The summed E-state index contributed by atoms with van der Waals surface area (Å²) in [5.41, 5.74) is 2.59. The minimum Gasteiger partial charge on any atom is -0.356 e. The predicted octanol–water partition coefficient (Wildman–Crippen LogP) is 3.62. The molecule has 0 aromatic heterocycles. The second-order valence-electron chi connectivity index (χ2n) is 7.13. The van der Waals surface area contributed by atoms with E-state index in [4.69, 9.17) is 0 Å². The Morgan fingerprint density at radius 3 is 2.39 bits per heavy atom. The molecular weight excluding hydrogens is 520 g/mol. The van der Waals surface area contributed by atoms with Crippen LogP contribution in [0.2, 0.25) is 0 Å². The summed E-state index contributed by atoms with van der Waals surface area (Å²) >= 11 is 0. The number of rotatable bonds is 5. The molecule has 1 aliphatic heterocycles. The molecule has 0 saturated carbocycles. The first kappa shape index (κ1) is 25.0. The first-order valence-corrected chi connectivity index (χ1v) is 9.82. The van der Waals surface area contributed by atoms with Gasteiger partial charge in [0.2, 0.25) is 5.91 Å². The van der Waals surface area contributed by atoms with Gasteiger partial charge in [-0.1, -0.05) is 36.4 Å². The Kier molecular flexibility index (Phi) is 9.15. The van der Waals surface area contributed by atoms with E-state index < -0.39 is 11.7 Å². The van der Waals surface area contributed by atoms with E-state index in [1.54, 1.807) is 7.05 Å². The molecule has 0 saturated heterocycles. The van der Waals surface area contributed by atoms with Gasteiger partial charge in [0.05, 0.1) is 12.1 Å². The number of guanidine groups is 1. The van der Waals surface area contributed by atoms with E-state index in [2.05, 4.69) is 21.7 Å². The number of aliphatic imine (C=N–C) groups is 1. The molecule has 2 aromatic rings. The molecule has 0 spiro atoms. The van der Waals surface area contributed by atoms with Crippen LogP contribution in [0.15, 0.2) is 53.5 Å². The average Bonchev–Trinajstić information content (AvgIpc) is 2.75. The zero-order valence-corrected chi connectivity index (χ0v) is 19.5. The van der Waals surface area contributed by atoms with Gasteiger partial charge in [0.15, 0.2) is 5.96 Å². The maximum atomic E-state index is 12.6. The molecule has 2 N–H and O–H groups in total. The van der Waals surface area contributed by atoms with Crippen LogP contribution in [0.25, 0.3) is 0 Å². The van der Waals surface area contributed by atoms with Crippen LogP contribution in [0.3, 0.4) is 0 Å². The molecule has 0 radical (unpaired) electrons. The van der Waals surface area contributed by atoms with Gasteiger partial charge >= 0.3 is 6.18 Å². The summed E-state index contributed by atoms with van der Waals surface area (Å²) in [4.78, 5) is 18.4. The van der Waals surface area contributed by atoms with Crippen molar-refractivity contribution in [2.75, 3.05) is 26.7 Å². The summed E-state index contributed by atoms with van der Waals surface area (Å²) in [6.45, 7) is 1.91. The van der Waals surface area contributed by atoms with Crippen LogP contribution in [0, 0.1) is 0 Å². The van der Waals surface area contributed by atoms with Crippen LogP contribution in [0.1, 0.15) is 22.3 Å². The van der Waals surface area contributed by atoms with Gasteiger partial charge in [0, 0.05) is 26.7 Å². The summed E-state index contributed by atoms with van der Waals surface area (Å²) in [6.07, 6.45) is -2.94. The van der Waals surface area contributed by atoms with Crippen molar-refractivity contribution >= 4 is 35.8 Å². The summed E-state index contributed by atoms with van der Waals surface area (Å²) in [5.74, 6) is 0.475. The summed E-state index contributed by atoms with van der Waals surface area (Å²) in [6, 6.07) is 13.2. The molecule has 168 valence electrons. The lowest BCUT2D eigenvalue weighted by molar-refractivity contribution is -0.137. The third kappa shape index (κ3) is 7.12. The number of carbonyl (C=O) groups is 1. The third-order valence-electron chi connectivity index (χ3n) is 5.10. The Morgan fingerprint density at radius 2 is 1.74 bits per heavy atom. The van der Waals surface area contributed by atoms with Crippen LogP contribution in [-0.2, 0) is 30.4 Å². The highest BCUT2D eigenvalue weighted by molar-refractivity contribution is 14.0. The van der Waals surface area contributed by atoms with E-state index in [1.807, 2.05) is 23.1 Å². The predicted molar refractivity (Wildman–Crippen MR) is 125 cm³/mol. The minimum absolute atomic E-state index is 0. The van der Waals surface area contributed by atoms with Crippen LogP contribution in [-0.4, -0.2) is 43.4 Å². The van der Waals surface area contributed by atoms with Crippen LogP contribution in [0.5, 0.6) is 0 Å². The number of nitrogens with zero attached hydrogens (tertiary/aromatic N) is 2. The van der Waals surface area contributed by atoms with Gasteiger partial charge in [0.1, 0.15) is 0 Å². The quantitative estimate of drug-likeness (QED) is 0.343. The van der Waals surface area contributed by atoms with E-state index in [0.717, 1.165) is 24.1 Å². The zero-order valence-electron chi connectivity index (χ0n) is 17.2. The number of amides is 1. The molecule has 1 heterocycles. The Balaban J connectivity index is 0.00000341. The fourth-order valence-corrected chi connectivity index (χ4v) is 3.39. The van der Waals surface area contributed by atoms with E-state index in [1.165, 1.54) is 23.3 Å². The number of hydrogen-bond donors (Lipinski definition) is 2. The lowest BCUT2D eigenvalue weighted by Crippen LogP contribution is -2.46. The van der Waals surface area contributed by atoms with Crippen molar-refractivity contribution in [2.45, 2.75) is 25.6 Å². The van der Waals surface area contributed by atoms with Crippen LogP contribution >= 0.6 is 24.0 Å². The van der Waals surface area contributed by atoms with E-state index >= 15 is 0 Å². The van der Waals surface area contributed by atoms with Crippen molar-refractivity contribution in [1.82, 2.24) is 15.5 Å². The van der Waals surface area contributed by atoms with Crippen molar-refractivity contribution in [3.8, 4) is 0 Å². The Labute approximate surface area is 197 Å². The number of carbonyl (C=O) groups excluding carboxylic acids is 1. The molecule has 0 atom stereocenters. The number of fused-ring (bicyclic) bond motifs is 1. The van der Waals surface area contributed by atoms with Crippen molar-refractivity contribution in [3.05, 3.63) is 70.8 Å². The molecule has 0 bridgehead atoms. The van der Waals surface area contributed by atoms with Gasteiger partial charge < -0.3 is 15.5 Å². The van der Waals surface area contributed by atoms with E-state index in [9.17, 15) is 18.0 Å². The molecule has 0 fully saturated rings.